The zero-order valence-corrected chi connectivity index (χ0v) is 10.7. The molecule has 2 heterocycles. The Balaban J connectivity index is 1.94. The van der Waals surface area contributed by atoms with Gasteiger partial charge in [-0.05, 0) is 31.4 Å². The number of likely N-dealkylation sites (tertiary alicyclic amines) is 1. The Labute approximate surface area is 111 Å². The SMILES string of the molecule is O=C(c1ccccc1-n1nccn1)N1CCCCC1. The van der Waals surface area contributed by atoms with Crippen molar-refractivity contribution >= 4 is 5.91 Å². The average Bonchev–Trinajstić information content (AvgIpc) is 3.01. The van der Waals surface area contributed by atoms with Gasteiger partial charge in [-0.3, -0.25) is 4.79 Å². The standard InChI is InChI=1S/C14H16N4O/c19-14(17-10-4-1-5-11-17)12-6-2-3-7-13(12)18-15-8-9-16-18/h2-3,6-9H,1,4-5,10-11H2. The molecule has 5 heteroatoms. The first kappa shape index (κ1) is 11.9. The maximum absolute atomic E-state index is 12.6. The number of carbonyl (C=O) groups excluding carboxylic acids is 1. The number of nitrogens with zero attached hydrogens (tertiary/aromatic N) is 4. The molecule has 0 radical (unpaired) electrons. The minimum Gasteiger partial charge on any atom is -0.339 e. The van der Waals surface area contributed by atoms with Crippen LogP contribution < -0.4 is 0 Å². The van der Waals surface area contributed by atoms with Gasteiger partial charge in [0, 0.05) is 13.1 Å². The molecule has 1 aromatic carbocycles. The monoisotopic (exact) mass is 256 g/mol. The molecule has 1 aromatic heterocycles. The number of hydrogen-bond acceptors (Lipinski definition) is 3. The second-order valence-corrected chi connectivity index (χ2v) is 4.69. The van der Waals surface area contributed by atoms with Crippen molar-refractivity contribution in [2.45, 2.75) is 19.3 Å². The van der Waals surface area contributed by atoms with Gasteiger partial charge >= 0.3 is 0 Å². The second-order valence-electron chi connectivity index (χ2n) is 4.69. The number of aromatic nitrogens is 3. The number of benzene rings is 1. The number of amides is 1. The van der Waals surface area contributed by atoms with Crippen LogP contribution in [-0.4, -0.2) is 38.9 Å². The van der Waals surface area contributed by atoms with Gasteiger partial charge in [0.2, 0.25) is 0 Å². The number of carbonyl (C=O) groups is 1. The van der Waals surface area contributed by atoms with Crippen LogP contribution in [-0.2, 0) is 0 Å². The van der Waals surface area contributed by atoms with Crippen molar-refractivity contribution in [3.05, 3.63) is 42.2 Å². The Kier molecular flexibility index (Phi) is 3.27. The second kappa shape index (κ2) is 5.22. The van der Waals surface area contributed by atoms with Crippen LogP contribution in [0.4, 0.5) is 0 Å². The molecule has 0 bridgehead atoms. The predicted molar refractivity (Wildman–Crippen MR) is 71.1 cm³/mol. The van der Waals surface area contributed by atoms with Crippen molar-refractivity contribution in [3.8, 4) is 5.69 Å². The van der Waals surface area contributed by atoms with Crippen molar-refractivity contribution in [2.75, 3.05) is 13.1 Å². The van der Waals surface area contributed by atoms with Gasteiger partial charge in [-0.25, -0.2) is 0 Å². The molecule has 0 atom stereocenters. The molecule has 19 heavy (non-hydrogen) atoms. The Morgan fingerprint density at radius 1 is 1.00 bits per heavy atom. The largest absolute Gasteiger partial charge is 0.339 e. The lowest BCUT2D eigenvalue weighted by molar-refractivity contribution is 0.0724. The summed E-state index contributed by atoms with van der Waals surface area (Å²) in [4.78, 5) is 16.0. The lowest BCUT2D eigenvalue weighted by Crippen LogP contribution is -2.36. The van der Waals surface area contributed by atoms with Crippen LogP contribution in [0.5, 0.6) is 0 Å². The lowest BCUT2D eigenvalue weighted by atomic mass is 10.1. The molecule has 1 aliphatic rings. The summed E-state index contributed by atoms with van der Waals surface area (Å²) in [6, 6.07) is 7.49. The van der Waals surface area contributed by atoms with Gasteiger partial charge < -0.3 is 4.90 Å². The first-order chi connectivity index (χ1) is 9.36. The van der Waals surface area contributed by atoms with Crippen molar-refractivity contribution in [1.82, 2.24) is 19.9 Å². The minimum atomic E-state index is 0.0765. The zero-order chi connectivity index (χ0) is 13.1. The van der Waals surface area contributed by atoms with Gasteiger partial charge in [-0.15, -0.1) is 0 Å². The van der Waals surface area contributed by atoms with Crippen LogP contribution >= 0.6 is 0 Å². The highest BCUT2D eigenvalue weighted by molar-refractivity contribution is 5.97. The van der Waals surface area contributed by atoms with E-state index in [-0.39, 0.29) is 5.91 Å². The fraction of sp³-hybridized carbons (Fsp3) is 0.357. The minimum absolute atomic E-state index is 0.0765. The van der Waals surface area contributed by atoms with E-state index in [1.165, 1.54) is 11.2 Å². The molecule has 1 aliphatic heterocycles. The zero-order valence-electron chi connectivity index (χ0n) is 10.7. The van der Waals surface area contributed by atoms with Gasteiger partial charge in [0.25, 0.3) is 5.91 Å². The Hall–Kier alpha value is -2.17. The van der Waals surface area contributed by atoms with E-state index in [0.29, 0.717) is 5.56 Å². The van der Waals surface area contributed by atoms with E-state index in [0.717, 1.165) is 31.6 Å². The van der Waals surface area contributed by atoms with Gasteiger partial charge in [-0.1, -0.05) is 12.1 Å². The van der Waals surface area contributed by atoms with Crippen LogP contribution in [0.3, 0.4) is 0 Å². The van der Waals surface area contributed by atoms with Gasteiger partial charge in [0.05, 0.1) is 23.6 Å². The average molecular weight is 256 g/mol. The highest BCUT2D eigenvalue weighted by Crippen LogP contribution is 2.18. The van der Waals surface area contributed by atoms with E-state index in [2.05, 4.69) is 10.2 Å². The molecule has 3 rings (SSSR count). The van der Waals surface area contributed by atoms with E-state index in [1.54, 1.807) is 12.4 Å². The van der Waals surface area contributed by atoms with Crippen molar-refractivity contribution in [2.24, 2.45) is 0 Å². The summed E-state index contributed by atoms with van der Waals surface area (Å²) in [5.74, 6) is 0.0765. The molecule has 1 saturated heterocycles. The third-order valence-electron chi connectivity index (χ3n) is 3.41. The van der Waals surface area contributed by atoms with Crippen LogP contribution in [0.1, 0.15) is 29.6 Å². The number of piperidine rings is 1. The number of hydrogen-bond donors (Lipinski definition) is 0. The maximum Gasteiger partial charge on any atom is 0.256 e. The van der Waals surface area contributed by atoms with E-state index in [1.807, 2.05) is 29.2 Å². The quantitative estimate of drug-likeness (QED) is 0.824. The molecular formula is C14H16N4O. The highest BCUT2D eigenvalue weighted by Gasteiger charge is 2.21. The summed E-state index contributed by atoms with van der Waals surface area (Å²) < 4.78 is 0. The van der Waals surface area contributed by atoms with Crippen molar-refractivity contribution < 1.29 is 4.79 Å². The molecule has 0 unspecified atom stereocenters. The van der Waals surface area contributed by atoms with Crippen LogP contribution in [0.25, 0.3) is 5.69 Å². The van der Waals surface area contributed by atoms with Crippen molar-refractivity contribution in [1.29, 1.82) is 0 Å². The summed E-state index contributed by atoms with van der Waals surface area (Å²) in [5.41, 5.74) is 1.41. The smallest absolute Gasteiger partial charge is 0.256 e. The summed E-state index contributed by atoms with van der Waals surface area (Å²) in [6.45, 7) is 1.69. The first-order valence-corrected chi connectivity index (χ1v) is 6.61. The van der Waals surface area contributed by atoms with E-state index < -0.39 is 0 Å². The molecule has 0 saturated carbocycles. The van der Waals surface area contributed by atoms with Gasteiger partial charge in [0.1, 0.15) is 0 Å². The molecule has 2 aromatic rings. The molecule has 0 N–H and O–H groups in total. The van der Waals surface area contributed by atoms with Crippen LogP contribution in [0.2, 0.25) is 0 Å². The normalized spacial score (nSPS) is 15.5. The molecule has 0 aliphatic carbocycles. The first-order valence-electron chi connectivity index (χ1n) is 6.61. The Morgan fingerprint density at radius 2 is 1.68 bits per heavy atom. The van der Waals surface area contributed by atoms with Crippen LogP contribution in [0, 0.1) is 0 Å². The van der Waals surface area contributed by atoms with Crippen LogP contribution in [0.15, 0.2) is 36.7 Å². The fourth-order valence-electron chi connectivity index (χ4n) is 2.44. The highest BCUT2D eigenvalue weighted by atomic mass is 16.2. The predicted octanol–water partition coefficient (Wildman–Crippen LogP) is 1.89. The molecule has 1 amide bonds. The Bertz CT molecular complexity index is 559. The topological polar surface area (TPSA) is 51.0 Å². The number of para-hydroxylation sites is 1. The van der Waals surface area contributed by atoms with Gasteiger partial charge in [0.15, 0.2) is 0 Å². The summed E-state index contributed by atoms with van der Waals surface area (Å²) >= 11 is 0. The molecule has 1 fully saturated rings. The third kappa shape index (κ3) is 2.36. The van der Waals surface area contributed by atoms with E-state index in [4.69, 9.17) is 0 Å². The third-order valence-corrected chi connectivity index (χ3v) is 3.41. The molecule has 98 valence electrons. The molecule has 0 spiro atoms. The van der Waals surface area contributed by atoms with E-state index >= 15 is 0 Å². The summed E-state index contributed by atoms with van der Waals surface area (Å²) in [7, 11) is 0. The summed E-state index contributed by atoms with van der Waals surface area (Å²) in [5, 5.41) is 8.22. The maximum atomic E-state index is 12.6. The number of rotatable bonds is 2. The summed E-state index contributed by atoms with van der Waals surface area (Å²) in [6.07, 6.45) is 6.62. The fourth-order valence-corrected chi connectivity index (χ4v) is 2.44. The lowest BCUT2D eigenvalue weighted by Gasteiger charge is -2.27. The van der Waals surface area contributed by atoms with Gasteiger partial charge in [-0.2, -0.15) is 15.0 Å². The van der Waals surface area contributed by atoms with Crippen molar-refractivity contribution in [3.63, 3.8) is 0 Å². The molecular weight excluding hydrogens is 240 g/mol. The molecule has 5 nitrogen and oxygen atoms in total. The van der Waals surface area contributed by atoms with E-state index in [9.17, 15) is 4.79 Å². The Morgan fingerprint density at radius 3 is 2.42 bits per heavy atom.